The first-order chi connectivity index (χ1) is 13.4. The van der Waals surface area contributed by atoms with Crippen molar-refractivity contribution in [3.8, 4) is 5.75 Å². The van der Waals surface area contributed by atoms with E-state index in [1.807, 2.05) is 24.3 Å². The fourth-order valence-corrected chi connectivity index (χ4v) is 5.03. The Bertz CT molecular complexity index is 914. The van der Waals surface area contributed by atoms with Crippen molar-refractivity contribution in [2.45, 2.75) is 36.7 Å². The molecule has 0 unspecified atom stereocenters. The number of nitrogens with zero attached hydrogens (tertiary/aromatic N) is 1. The molecule has 8 heteroatoms. The molecule has 150 valence electrons. The fourth-order valence-electron chi connectivity index (χ4n) is 3.25. The summed E-state index contributed by atoms with van der Waals surface area (Å²) < 4.78 is 32.5. The molecule has 0 aliphatic carbocycles. The minimum atomic E-state index is -3.77. The number of benzene rings is 2. The Morgan fingerprint density at radius 3 is 2.46 bits per heavy atom. The second-order valence-corrected chi connectivity index (χ2v) is 8.97. The molecule has 1 saturated heterocycles. The summed E-state index contributed by atoms with van der Waals surface area (Å²) in [5.41, 5.74) is 0.914. The number of piperidine rings is 1. The van der Waals surface area contributed by atoms with E-state index in [2.05, 4.69) is 5.32 Å². The summed E-state index contributed by atoms with van der Waals surface area (Å²) in [6, 6.07) is 12.7. The minimum absolute atomic E-state index is 0.145. The zero-order valence-electron chi connectivity index (χ0n) is 15.6. The van der Waals surface area contributed by atoms with Crippen LogP contribution in [0.1, 0.15) is 24.8 Å². The summed E-state index contributed by atoms with van der Waals surface area (Å²) in [5.74, 6) is 0.454. The van der Waals surface area contributed by atoms with E-state index in [0.29, 0.717) is 24.5 Å². The quantitative estimate of drug-likeness (QED) is 0.775. The number of nitrogens with one attached hydrogen (secondary N) is 1. The summed E-state index contributed by atoms with van der Waals surface area (Å²) in [6.45, 7) is 0.653. The minimum Gasteiger partial charge on any atom is -0.497 e. The van der Waals surface area contributed by atoms with Crippen molar-refractivity contribution in [2.75, 3.05) is 13.7 Å². The highest BCUT2D eigenvalue weighted by atomic mass is 35.5. The molecule has 0 saturated carbocycles. The molecule has 28 heavy (non-hydrogen) atoms. The summed E-state index contributed by atoms with van der Waals surface area (Å²) in [4.78, 5) is 12.9. The Labute approximate surface area is 170 Å². The van der Waals surface area contributed by atoms with Crippen molar-refractivity contribution in [2.24, 2.45) is 0 Å². The molecule has 1 aliphatic heterocycles. The van der Waals surface area contributed by atoms with Gasteiger partial charge in [-0.05, 0) is 54.8 Å². The molecule has 1 fully saturated rings. The first-order valence-electron chi connectivity index (χ1n) is 9.10. The van der Waals surface area contributed by atoms with Gasteiger partial charge >= 0.3 is 0 Å². The molecule has 2 aromatic carbocycles. The number of amides is 1. The molecule has 1 N–H and O–H groups in total. The Hall–Kier alpha value is -2.09. The molecule has 6 nitrogen and oxygen atoms in total. The molecule has 1 atom stereocenters. The first kappa shape index (κ1) is 20.6. The van der Waals surface area contributed by atoms with Crippen molar-refractivity contribution in [1.82, 2.24) is 9.62 Å². The number of hydrogen-bond acceptors (Lipinski definition) is 4. The summed E-state index contributed by atoms with van der Waals surface area (Å²) in [6.07, 6.45) is 2.05. The van der Waals surface area contributed by atoms with E-state index in [9.17, 15) is 13.2 Å². The SMILES string of the molecule is COc1ccc(CNC(=O)[C@@H]2CCCCN2S(=O)(=O)c2ccc(Cl)cc2)cc1. The largest absolute Gasteiger partial charge is 0.497 e. The van der Waals surface area contributed by atoms with Gasteiger partial charge in [-0.2, -0.15) is 4.31 Å². The van der Waals surface area contributed by atoms with Crippen LogP contribution in [-0.2, 0) is 21.4 Å². The predicted octanol–water partition coefficient (Wildman–Crippen LogP) is 3.21. The molecule has 2 aromatic rings. The van der Waals surface area contributed by atoms with E-state index in [4.69, 9.17) is 16.3 Å². The van der Waals surface area contributed by atoms with Crippen LogP contribution in [0.25, 0.3) is 0 Å². The van der Waals surface area contributed by atoms with Crippen LogP contribution in [-0.4, -0.2) is 38.3 Å². The molecular weight excluding hydrogens is 400 g/mol. The van der Waals surface area contributed by atoms with E-state index in [-0.39, 0.29) is 10.8 Å². The molecule has 0 aromatic heterocycles. The average Bonchev–Trinajstić information content (AvgIpc) is 2.72. The lowest BCUT2D eigenvalue weighted by Gasteiger charge is -2.33. The van der Waals surface area contributed by atoms with Gasteiger partial charge < -0.3 is 10.1 Å². The van der Waals surface area contributed by atoms with Gasteiger partial charge in [0, 0.05) is 18.1 Å². The van der Waals surface area contributed by atoms with Crippen LogP contribution >= 0.6 is 11.6 Å². The van der Waals surface area contributed by atoms with Crippen LogP contribution in [0.3, 0.4) is 0 Å². The standard InChI is InChI=1S/C20H23ClN2O4S/c1-27-17-9-5-15(6-10-17)14-22-20(24)19-4-2-3-13-23(19)28(25,26)18-11-7-16(21)8-12-18/h5-12,19H,2-4,13-14H2,1H3,(H,22,24)/t19-/m0/s1. The number of ether oxygens (including phenoxy) is 1. The third-order valence-electron chi connectivity index (χ3n) is 4.80. The van der Waals surface area contributed by atoms with E-state index >= 15 is 0 Å². The molecule has 0 spiro atoms. The zero-order valence-corrected chi connectivity index (χ0v) is 17.2. The van der Waals surface area contributed by atoms with Crippen LogP contribution in [0, 0.1) is 0 Å². The van der Waals surface area contributed by atoms with E-state index in [1.165, 1.54) is 28.6 Å². The summed E-state index contributed by atoms with van der Waals surface area (Å²) >= 11 is 5.86. The van der Waals surface area contributed by atoms with Crippen molar-refractivity contribution in [3.05, 3.63) is 59.1 Å². The Morgan fingerprint density at radius 1 is 1.14 bits per heavy atom. The number of carbonyl (C=O) groups is 1. The van der Waals surface area contributed by atoms with Gasteiger partial charge in [0.2, 0.25) is 15.9 Å². The van der Waals surface area contributed by atoms with Gasteiger partial charge in [-0.15, -0.1) is 0 Å². The summed E-state index contributed by atoms with van der Waals surface area (Å²) in [5, 5.41) is 3.33. The number of hydrogen-bond donors (Lipinski definition) is 1. The molecule has 1 amide bonds. The van der Waals surface area contributed by atoms with Crippen molar-refractivity contribution in [1.29, 1.82) is 0 Å². The highest BCUT2D eigenvalue weighted by molar-refractivity contribution is 7.89. The molecule has 0 radical (unpaired) electrons. The van der Waals surface area contributed by atoms with Gasteiger partial charge in [-0.25, -0.2) is 8.42 Å². The molecule has 3 rings (SSSR count). The van der Waals surface area contributed by atoms with Gasteiger partial charge in [0.25, 0.3) is 0 Å². The van der Waals surface area contributed by atoms with Crippen LogP contribution in [0.2, 0.25) is 5.02 Å². The Kier molecular flexibility index (Phi) is 6.59. The average molecular weight is 423 g/mol. The highest BCUT2D eigenvalue weighted by Crippen LogP contribution is 2.26. The number of sulfonamides is 1. The van der Waals surface area contributed by atoms with Crippen LogP contribution in [0.15, 0.2) is 53.4 Å². The van der Waals surface area contributed by atoms with Gasteiger partial charge in [-0.3, -0.25) is 4.79 Å². The zero-order chi connectivity index (χ0) is 20.1. The molecule has 1 aliphatic rings. The van der Waals surface area contributed by atoms with E-state index in [0.717, 1.165) is 24.2 Å². The topological polar surface area (TPSA) is 75.7 Å². The van der Waals surface area contributed by atoms with Gasteiger partial charge in [0.15, 0.2) is 0 Å². The molecular formula is C20H23ClN2O4S. The maximum atomic E-state index is 13.0. The molecule has 0 bridgehead atoms. The Morgan fingerprint density at radius 2 is 1.82 bits per heavy atom. The summed E-state index contributed by atoms with van der Waals surface area (Å²) in [7, 11) is -2.17. The second kappa shape index (κ2) is 8.94. The van der Waals surface area contributed by atoms with Gasteiger partial charge in [-0.1, -0.05) is 30.2 Å². The van der Waals surface area contributed by atoms with E-state index < -0.39 is 16.1 Å². The normalized spacial score (nSPS) is 17.9. The van der Waals surface area contributed by atoms with Crippen LogP contribution in [0.4, 0.5) is 0 Å². The van der Waals surface area contributed by atoms with Crippen molar-refractivity contribution in [3.63, 3.8) is 0 Å². The number of carbonyl (C=O) groups excluding carboxylic acids is 1. The van der Waals surface area contributed by atoms with Crippen LogP contribution < -0.4 is 10.1 Å². The Balaban J connectivity index is 1.72. The molecule has 1 heterocycles. The first-order valence-corrected chi connectivity index (χ1v) is 10.9. The lowest BCUT2D eigenvalue weighted by atomic mass is 10.0. The number of halogens is 1. The van der Waals surface area contributed by atoms with Crippen molar-refractivity contribution >= 4 is 27.5 Å². The van der Waals surface area contributed by atoms with Gasteiger partial charge in [0.05, 0.1) is 12.0 Å². The van der Waals surface area contributed by atoms with Gasteiger partial charge in [0.1, 0.15) is 11.8 Å². The van der Waals surface area contributed by atoms with Crippen LogP contribution in [0.5, 0.6) is 5.75 Å². The fraction of sp³-hybridized carbons (Fsp3) is 0.350. The smallest absolute Gasteiger partial charge is 0.243 e. The van der Waals surface area contributed by atoms with Crippen molar-refractivity contribution < 1.29 is 17.9 Å². The second-order valence-electron chi connectivity index (χ2n) is 6.65. The highest BCUT2D eigenvalue weighted by Gasteiger charge is 2.37. The third-order valence-corrected chi connectivity index (χ3v) is 6.98. The number of methoxy groups -OCH3 is 1. The predicted molar refractivity (Wildman–Crippen MR) is 108 cm³/mol. The lowest BCUT2D eigenvalue weighted by molar-refractivity contribution is -0.125. The third kappa shape index (κ3) is 4.66. The number of rotatable bonds is 6. The lowest BCUT2D eigenvalue weighted by Crippen LogP contribution is -2.51. The van der Waals surface area contributed by atoms with E-state index in [1.54, 1.807) is 7.11 Å². The monoisotopic (exact) mass is 422 g/mol. The maximum Gasteiger partial charge on any atom is 0.243 e. The maximum absolute atomic E-state index is 13.0.